The van der Waals surface area contributed by atoms with Crippen molar-refractivity contribution >= 4 is 52.7 Å². The molecule has 0 unspecified atom stereocenters. The Morgan fingerprint density at radius 2 is 1.88 bits per heavy atom. The van der Waals surface area contributed by atoms with Crippen LogP contribution in [-0.4, -0.2) is 52.1 Å². The molecule has 0 saturated carbocycles. The molecule has 1 aromatic rings. The third-order valence-corrected chi connectivity index (χ3v) is 5.75. The van der Waals surface area contributed by atoms with E-state index in [9.17, 15) is 14.4 Å². The number of rotatable bonds is 9. The van der Waals surface area contributed by atoms with E-state index in [-0.39, 0.29) is 11.7 Å². The van der Waals surface area contributed by atoms with Crippen molar-refractivity contribution in [3.05, 3.63) is 0 Å². The molecule has 1 atom stereocenters. The standard InChI is InChI=1S/C13H21N5O3S3/c1-4-6-15-9(19)7-22-12-17-18-13(24-12)23-8(3)10(20)16-11(21)14-5-2/h8H,4-7H2,1-3H3,(H,15,19)(H2,14,16,20,21)/t8-/m1/s1. The van der Waals surface area contributed by atoms with Gasteiger partial charge in [-0.2, -0.15) is 0 Å². The summed E-state index contributed by atoms with van der Waals surface area (Å²) in [6.45, 7) is 6.56. The second-order valence-electron chi connectivity index (χ2n) is 4.58. The molecule has 1 aromatic heterocycles. The van der Waals surface area contributed by atoms with Gasteiger partial charge in [-0.05, 0) is 20.3 Å². The Morgan fingerprint density at radius 3 is 2.54 bits per heavy atom. The van der Waals surface area contributed by atoms with Crippen molar-refractivity contribution in [3.8, 4) is 0 Å². The molecule has 0 radical (unpaired) electrons. The van der Waals surface area contributed by atoms with Crippen LogP contribution in [0.2, 0.25) is 0 Å². The van der Waals surface area contributed by atoms with Gasteiger partial charge in [0.1, 0.15) is 0 Å². The highest BCUT2D eigenvalue weighted by Gasteiger charge is 2.19. The molecule has 0 fully saturated rings. The van der Waals surface area contributed by atoms with Crippen LogP contribution in [0.15, 0.2) is 8.68 Å². The van der Waals surface area contributed by atoms with Gasteiger partial charge in [0.2, 0.25) is 11.8 Å². The summed E-state index contributed by atoms with van der Waals surface area (Å²) in [4.78, 5) is 34.7. The minimum absolute atomic E-state index is 0.0408. The van der Waals surface area contributed by atoms with Gasteiger partial charge in [-0.15, -0.1) is 10.2 Å². The number of nitrogens with one attached hydrogen (secondary N) is 3. The maximum atomic E-state index is 11.9. The van der Waals surface area contributed by atoms with Crippen LogP contribution in [0.3, 0.4) is 0 Å². The third kappa shape index (κ3) is 7.97. The number of thioether (sulfide) groups is 2. The fourth-order valence-corrected chi connectivity index (χ4v) is 4.36. The summed E-state index contributed by atoms with van der Waals surface area (Å²) in [5.74, 6) is -0.151. The van der Waals surface area contributed by atoms with Gasteiger partial charge >= 0.3 is 6.03 Å². The van der Waals surface area contributed by atoms with Gasteiger partial charge in [-0.3, -0.25) is 14.9 Å². The van der Waals surface area contributed by atoms with Crippen LogP contribution in [0.1, 0.15) is 27.2 Å². The molecular formula is C13H21N5O3S3. The Balaban J connectivity index is 2.41. The highest BCUT2D eigenvalue weighted by molar-refractivity contribution is 8.04. The van der Waals surface area contributed by atoms with Crippen molar-refractivity contribution < 1.29 is 14.4 Å². The normalized spacial score (nSPS) is 11.6. The average molecular weight is 392 g/mol. The first-order valence-electron chi connectivity index (χ1n) is 7.44. The van der Waals surface area contributed by atoms with Gasteiger partial charge in [0.25, 0.3) is 0 Å². The molecule has 8 nitrogen and oxygen atoms in total. The molecule has 1 rings (SSSR count). The second-order valence-corrected chi connectivity index (χ2v) is 8.37. The van der Waals surface area contributed by atoms with E-state index in [0.29, 0.717) is 21.8 Å². The van der Waals surface area contributed by atoms with E-state index in [2.05, 4.69) is 26.1 Å². The van der Waals surface area contributed by atoms with Crippen LogP contribution < -0.4 is 16.0 Å². The van der Waals surface area contributed by atoms with Gasteiger partial charge in [0.15, 0.2) is 8.68 Å². The number of carbonyl (C=O) groups is 3. The Labute approximate surface area is 153 Å². The lowest BCUT2D eigenvalue weighted by molar-refractivity contribution is -0.119. The SMILES string of the molecule is CCCNC(=O)CSc1nnc(S[C@H](C)C(=O)NC(=O)NCC)s1. The summed E-state index contributed by atoms with van der Waals surface area (Å²) < 4.78 is 1.28. The molecule has 0 aromatic carbocycles. The Kier molecular flexibility index (Phi) is 9.72. The minimum Gasteiger partial charge on any atom is -0.355 e. The van der Waals surface area contributed by atoms with E-state index in [1.54, 1.807) is 13.8 Å². The average Bonchev–Trinajstić information content (AvgIpc) is 2.98. The molecule has 1 heterocycles. The minimum atomic E-state index is -0.512. The number of carbonyl (C=O) groups excluding carboxylic acids is 3. The van der Waals surface area contributed by atoms with E-state index in [1.165, 1.54) is 34.9 Å². The van der Waals surface area contributed by atoms with E-state index in [1.807, 2.05) is 6.92 Å². The molecule has 0 aliphatic heterocycles. The first-order chi connectivity index (χ1) is 11.5. The van der Waals surface area contributed by atoms with E-state index in [4.69, 9.17) is 0 Å². The van der Waals surface area contributed by atoms with Crippen LogP contribution in [-0.2, 0) is 9.59 Å². The summed E-state index contributed by atoms with van der Waals surface area (Å²) in [5.41, 5.74) is 0. The van der Waals surface area contributed by atoms with Gasteiger partial charge in [0.05, 0.1) is 11.0 Å². The van der Waals surface area contributed by atoms with Crippen molar-refractivity contribution in [2.45, 2.75) is 41.1 Å². The summed E-state index contributed by atoms with van der Waals surface area (Å²) in [6.07, 6.45) is 0.895. The Hall–Kier alpha value is -1.33. The molecule has 0 aliphatic carbocycles. The Bertz CT molecular complexity index is 567. The first-order valence-corrected chi connectivity index (χ1v) is 10.1. The molecular weight excluding hydrogens is 370 g/mol. The molecule has 0 aliphatic rings. The lowest BCUT2D eigenvalue weighted by atomic mass is 10.4. The molecule has 24 heavy (non-hydrogen) atoms. The van der Waals surface area contributed by atoms with Crippen molar-refractivity contribution in [1.82, 2.24) is 26.1 Å². The maximum Gasteiger partial charge on any atom is 0.321 e. The second kappa shape index (κ2) is 11.3. The molecule has 134 valence electrons. The number of hydrogen-bond acceptors (Lipinski definition) is 8. The van der Waals surface area contributed by atoms with Crippen LogP contribution in [0.25, 0.3) is 0 Å². The molecule has 0 spiro atoms. The zero-order valence-corrected chi connectivity index (χ0v) is 16.2. The summed E-state index contributed by atoms with van der Waals surface area (Å²) in [7, 11) is 0. The zero-order valence-electron chi connectivity index (χ0n) is 13.7. The number of nitrogens with zero attached hydrogens (tertiary/aromatic N) is 2. The molecule has 11 heteroatoms. The lowest BCUT2D eigenvalue weighted by Gasteiger charge is -2.09. The number of hydrogen-bond donors (Lipinski definition) is 3. The molecule has 4 amide bonds. The number of amides is 4. The van der Waals surface area contributed by atoms with Gasteiger partial charge in [-0.25, -0.2) is 4.79 Å². The molecule has 0 bridgehead atoms. The quantitative estimate of drug-likeness (QED) is 0.547. The van der Waals surface area contributed by atoms with Crippen LogP contribution in [0, 0.1) is 0 Å². The Morgan fingerprint density at radius 1 is 1.17 bits per heavy atom. The third-order valence-electron chi connectivity index (χ3n) is 2.51. The molecule has 3 N–H and O–H groups in total. The van der Waals surface area contributed by atoms with Crippen molar-refractivity contribution in [2.24, 2.45) is 0 Å². The van der Waals surface area contributed by atoms with Crippen molar-refractivity contribution in [1.29, 1.82) is 0 Å². The van der Waals surface area contributed by atoms with Crippen LogP contribution in [0.5, 0.6) is 0 Å². The fraction of sp³-hybridized carbons (Fsp3) is 0.615. The van der Waals surface area contributed by atoms with Crippen molar-refractivity contribution in [3.63, 3.8) is 0 Å². The number of imide groups is 1. The molecule has 0 saturated heterocycles. The zero-order chi connectivity index (χ0) is 17.9. The summed E-state index contributed by atoms with van der Waals surface area (Å²) >= 11 is 3.84. The van der Waals surface area contributed by atoms with Gasteiger partial charge < -0.3 is 10.6 Å². The lowest BCUT2D eigenvalue weighted by Crippen LogP contribution is -2.42. The largest absolute Gasteiger partial charge is 0.355 e. The fourth-order valence-electron chi connectivity index (χ4n) is 1.37. The predicted molar refractivity (Wildman–Crippen MR) is 96.5 cm³/mol. The number of urea groups is 1. The number of aromatic nitrogens is 2. The summed E-state index contributed by atoms with van der Waals surface area (Å²) in [6, 6.07) is -0.512. The van der Waals surface area contributed by atoms with Crippen LogP contribution >= 0.6 is 34.9 Å². The first kappa shape index (κ1) is 20.7. The predicted octanol–water partition coefficient (Wildman–Crippen LogP) is 1.48. The maximum absolute atomic E-state index is 11.9. The highest BCUT2D eigenvalue weighted by atomic mass is 32.2. The van der Waals surface area contributed by atoms with E-state index < -0.39 is 17.2 Å². The topological polar surface area (TPSA) is 113 Å². The van der Waals surface area contributed by atoms with Gasteiger partial charge in [0, 0.05) is 13.1 Å². The van der Waals surface area contributed by atoms with Gasteiger partial charge in [-0.1, -0.05) is 41.8 Å². The van der Waals surface area contributed by atoms with Crippen molar-refractivity contribution in [2.75, 3.05) is 18.8 Å². The van der Waals surface area contributed by atoms with E-state index >= 15 is 0 Å². The highest BCUT2D eigenvalue weighted by Crippen LogP contribution is 2.31. The smallest absolute Gasteiger partial charge is 0.321 e. The monoisotopic (exact) mass is 391 g/mol. The van der Waals surface area contributed by atoms with Crippen LogP contribution in [0.4, 0.5) is 4.79 Å². The van der Waals surface area contributed by atoms with E-state index in [0.717, 1.165) is 6.42 Å². The summed E-state index contributed by atoms with van der Waals surface area (Å²) in [5, 5.41) is 15.0.